The number of hydrogen-bond acceptors (Lipinski definition) is 4. The Labute approximate surface area is 107 Å². The third-order valence-electron chi connectivity index (χ3n) is 3.11. The molecule has 0 aliphatic heterocycles. The molecule has 0 saturated heterocycles. The fourth-order valence-electron chi connectivity index (χ4n) is 1.79. The smallest absolute Gasteiger partial charge is 0.372 e. The standard InChI is InChI=1S/C13H21NO4/c1-4-10(2)14(6-8-17-3)9-11-5-7-18-12(11)13(15)16/h5,7,10H,4,6,8-9H2,1-3H3,(H,15,16). The zero-order valence-corrected chi connectivity index (χ0v) is 11.2. The lowest BCUT2D eigenvalue weighted by Crippen LogP contribution is -2.35. The van der Waals surface area contributed by atoms with Crippen LogP contribution in [0.5, 0.6) is 0 Å². The van der Waals surface area contributed by atoms with Gasteiger partial charge in [0.25, 0.3) is 0 Å². The van der Waals surface area contributed by atoms with Crippen LogP contribution in [0.1, 0.15) is 36.4 Å². The maximum Gasteiger partial charge on any atom is 0.372 e. The molecule has 0 aromatic carbocycles. The van der Waals surface area contributed by atoms with Crippen molar-refractivity contribution < 1.29 is 19.1 Å². The van der Waals surface area contributed by atoms with Crippen LogP contribution in [0, 0.1) is 0 Å². The topological polar surface area (TPSA) is 62.9 Å². The van der Waals surface area contributed by atoms with Crippen molar-refractivity contribution in [1.82, 2.24) is 4.90 Å². The average molecular weight is 255 g/mol. The molecule has 0 fully saturated rings. The molecule has 0 bridgehead atoms. The van der Waals surface area contributed by atoms with Gasteiger partial charge in [0.1, 0.15) is 0 Å². The second kappa shape index (κ2) is 7.18. The Hall–Kier alpha value is -1.33. The number of methoxy groups -OCH3 is 1. The van der Waals surface area contributed by atoms with Crippen molar-refractivity contribution in [1.29, 1.82) is 0 Å². The molecule has 1 aromatic rings. The van der Waals surface area contributed by atoms with Gasteiger partial charge >= 0.3 is 5.97 Å². The van der Waals surface area contributed by atoms with E-state index in [4.69, 9.17) is 14.3 Å². The number of furan rings is 1. The fraction of sp³-hybridized carbons (Fsp3) is 0.615. The van der Waals surface area contributed by atoms with Gasteiger partial charge in [-0.1, -0.05) is 6.92 Å². The molecule has 0 saturated carbocycles. The summed E-state index contributed by atoms with van der Waals surface area (Å²) in [6.07, 6.45) is 2.42. The monoisotopic (exact) mass is 255 g/mol. The molecule has 18 heavy (non-hydrogen) atoms. The first-order chi connectivity index (χ1) is 8.60. The van der Waals surface area contributed by atoms with Crippen LogP contribution in [0.2, 0.25) is 0 Å². The second-order valence-electron chi connectivity index (χ2n) is 4.30. The Kier molecular flexibility index (Phi) is 5.88. The lowest BCUT2D eigenvalue weighted by molar-refractivity contribution is 0.0656. The number of carboxylic acids is 1. The van der Waals surface area contributed by atoms with Crippen LogP contribution >= 0.6 is 0 Å². The molecule has 5 nitrogen and oxygen atoms in total. The maximum atomic E-state index is 11.0. The molecule has 0 amide bonds. The Morgan fingerprint density at radius 2 is 2.33 bits per heavy atom. The summed E-state index contributed by atoms with van der Waals surface area (Å²) < 4.78 is 10.1. The number of carboxylic acid groups (broad SMARTS) is 1. The SMILES string of the molecule is CCC(C)N(CCOC)Cc1ccoc1C(=O)O. The van der Waals surface area contributed by atoms with E-state index in [9.17, 15) is 4.79 Å². The van der Waals surface area contributed by atoms with Crippen molar-refractivity contribution in [3.05, 3.63) is 23.7 Å². The van der Waals surface area contributed by atoms with Gasteiger partial charge in [0.05, 0.1) is 12.9 Å². The Balaban J connectivity index is 2.75. The van der Waals surface area contributed by atoms with Gasteiger partial charge in [-0.2, -0.15) is 0 Å². The zero-order chi connectivity index (χ0) is 13.5. The molecule has 0 aliphatic carbocycles. The summed E-state index contributed by atoms with van der Waals surface area (Å²) in [6, 6.07) is 2.09. The van der Waals surface area contributed by atoms with Crippen molar-refractivity contribution >= 4 is 5.97 Å². The van der Waals surface area contributed by atoms with E-state index in [0.717, 1.165) is 13.0 Å². The van der Waals surface area contributed by atoms with Gasteiger partial charge in [0.2, 0.25) is 5.76 Å². The number of hydrogen-bond donors (Lipinski definition) is 1. The molecule has 1 aromatic heterocycles. The third-order valence-corrected chi connectivity index (χ3v) is 3.11. The van der Waals surface area contributed by atoms with E-state index in [0.29, 0.717) is 24.8 Å². The van der Waals surface area contributed by atoms with Crippen LogP contribution in [-0.4, -0.2) is 42.3 Å². The highest BCUT2D eigenvalue weighted by Crippen LogP contribution is 2.16. The molecule has 1 heterocycles. The van der Waals surface area contributed by atoms with Crippen molar-refractivity contribution in [3.63, 3.8) is 0 Å². The summed E-state index contributed by atoms with van der Waals surface area (Å²) in [5.41, 5.74) is 0.707. The van der Waals surface area contributed by atoms with Gasteiger partial charge in [-0.3, -0.25) is 4.90 Å². The zero-order valence-electron chi connectivity index (χ0n) is 11.2. The second-order valence-corrected chi connectivity index (χ2v) is 4.30. The molecular formula is C13H21NO4. The summed E-state index contributed by atoms with van der Waals surface area (Å²) in [6.45, 7) is 6.20. The van der Waals surface area contributed by atoms with Crippen molar-refractivity contribution in [3.8, 4) is 0 Å². The number of aromatic carboxylic acids is 1. The first-order valence-corrected chi connectivity index (χ1v) is 6.12. The highest BCUT2D eigenvalue weighted by atomic mass is 16.5. The quantitative estimate of drug-likeness (QED) is 0.771. The van der Waals surface area contributed by atoms with Gasteiger partial charge in [0.15, 0.2) is 0 Å². The van der Waals surface area contributed by atoms with Gasteiger partial charge in [0, 0.05) is 31.8 Å². The largest absolute Gasteiger partial charge is 0.475 e. The fourth-order valence-corrected chi connectivity index (χ4v) is 1.79. The Morgan fingerprint density at radius 1 is 1.61 bits per heavy atom. The first-order valence-electron chi connectivity index (χ1n) is 6.12. The summed E-state index contributed by atoms with van der Waals surface area (Å²) in [4.78, 5) is 13.2. The molecule has 0 aliphatic rings. The Morgan fingerprint density at radius 3 is 2.89 bits per heavy atom. The van der Waals surface area contributed by atoms with Crippen LogP contribution in [0.3, 0.4) is 0 Å². The summed E-state index contributed by atoms with van der Waals surface area (Å²) >= 11 is 0. The third kappa shape index (κ3) is 3.85. The summed E-state index contributed by atoms with van der Waals surface area (Å²) in [5, 5.41) is 9.00. The molecule has 0 radical (unpaired) electrons. The molecule has 1 N–H and O–H groups in total. The van der Waals surface area contributed by atoms with Gasteiger partial charge in [-0.15, -0.1) is 0 Å². The number of rotatable bonds is 8. The van der Waals surface area contributed by atoms with Gasteiger partial charge in [-0.25, -0.2) is 4.79 Å². The maximum absolute atomic E-state index is 11.0. The number of carbonyl (C=O) groups is 1. The van der Waals surface area contributed by atoms with Crippen LogP contribution in [0.25, 0.3) is 0 Å². The molecule has 5 heteroatoms. The predicted octanol–water partition coefficient (Wildman–Crippen LogP) is 2.22. The Bertz CT molecular complexity index is 375. The lowest BCUT2D eigenvalue weighted by atomic mass is 10.1. The van der Waals surface area contributed by atoms with Gasteiger partial charge < -0.3 is 14.3 Å². The van der Waals surface area contributed by atoms with Crippen LogP contribution in [-0.2, 0) is 11.3 Å². The normalized spacial score (nSPS) is 12.9. The first kappa shape index (κ1) is 14.7. The van der Waals surface area contributed by atoms with Crippen LogP contribution in [0.15, 0.2) is 16.7 Å². The van der Waals surface area contributed by atoms with E-state index in [1.165, 1.54) is 6.26 Å². The highest BCUT2D eigenvalue weighted by Gasteiger charge is 2.19. The van der Waals surface area contributed by atoms with Crippen LogP contribution in [0.4, 0.5) is 0 Å². The van der Waals surface area contributed by atoms with Gasteiger partial charge in [-0.05, 0) is 19.4 Å². The van der Waals surface area contributed by atoms with E-state index in [2.05, 4.69) is 18.7 Å². The van der Waals surface area contributed by atoms with Crippen molar-refractivity contribution in [2.45, 2.75) is 32.9 Å². The van der Waals surface area contributed by atoms with E-state index >= 15 is 0 Å². The molecule has 102 valence electrons. The summed E-state index contributed by atoms with van der Waals surface area (Å²) in [7, 11) is 1.66. The lowest BCUT2D eigenvalue weighted by Gasteiger charge is -2.27. The van der Waals surface area contributed by atoms with Crippen LogP contribution < -0.4 is 0 Å². The van der Waals surface area contributed by atoms with E-state index in [-0.39, 0.29) is 5.76 Å². The van der Waals surface area contributed by atoms with E-state index in [1.54, 1.807) is 13.2 Å². The van der Waals surface area contributed by atoms with E-state index < -0.39 is 5.97 Å². The molecule has 0 spiro atoms. The van der Waals surface area contributed by atoms with E-state index in [1.807, 2.05) is 0 Å². The molecule has 1 unspecified atom stereocenters. The van der Waals surface area contributed by atoms with Crippen molar-refractivity contribution in [2.24, 2.45) is 0 Å². The minimum Gasteiger partial charge on any atom is -0.475 e. The van der Waals surface area contributed by atoms with Crippen molar-refractivity contribution in [2.75, 3.05) is 20.3 Å². The number of nitrogens with zero attached hydrogens (tertiary/aromatic N) is 1. The number of ether oxygens (including phenoxy) is 1. The average Bonchev–Trinajstić information content (AvgIpc) is 2.81. The minimum absolute atomic E-state index is 0.0284. The molecular weight excluding hydrogens is 234 g/mol. The summed E-state index contributed by atoms with van der Waals surface area (Å²) in [5.74, 6) is -0.994. The predicted molar refractivity (Wildman–Crippen MR) is 67.7 cm³/mol. The highest BCUT2D eigenvalue weighted by molar-refractivity contribution is 5.86. The molecule has 1 rings (SSSR count). The minimum atomic E-state index is -1.02. The molecule has 1 atom stereocenters.